The highest BCUT2D eigenvalue weighted by Gasteiger charge is 2.34. The minimum atomic E-state index is -4.35. The molecule has 2 aliphatic rings. The van der Waals surface area contributed by atoms with E-state index < -0.39 is 11.1 Å². The topological polar surface area (TPSA) is 39.7 Å². The molecule has 0 unspecified atom stereocenters. The molecule has 0 saturated carbocycles. The number of carbonyl (C=O) groups is 1. The third-order valence-electron chi connectivity index (χ3n) is 5.19. The lowest BCUT2D eigenvalue weighted by molar-refractivity contribution is -0.134. The fraction of sp³-hybridized carbons (Fsp3) is 0.474. The summed E-state index contributed by atoms with van der Waals surface area (Å²) in [4.78, 5) is 21.9. The number of carbonyl (C=O) groups excluding carboxylic acids is 1. The minimum absolute atomic E-state index is 0.0780. The lowest BCUT2D eigenvalue weighted by Gasteiger charge is -2.36. The van der Waals surface area contributed by atoms with Crippen LogP contribution in [0.5, 0.6) is 0 Å². The van der Waals surface area contributed by atoms with Crippen molar-refractivity contribution >= 4 is 28.1 Å². The predicted molar refractivity (Wildman–Crippen MR) is 103 cm³/mol. The summed E-state index contributed by atoms with van der Waals surface area (Å²) in [5.41, 5.74) is 2.20. The van der Waals surface area contributed by atoms with Gasteiger partial charge in [0.15, 0.2) is 5.13 Å². The number of aromatic nitrogens is 1. The van der Waals surface area contributed by atoms with Gasteiger partial charge >= 0.3 is 6.18 Å². The van der Waals surface area contributed by atoms with E-state index in [4.69, 9.17) is 0 Å². The van der Waals surface area contributed by atoms with E-state index in [2.05, 4.69) is 16.0 Å². The molecule has 1 aromatic heterocycles. The lowest BCUT2D eigenvalue weighted by Crippen LogP contribution is -2.50. The highest BCUT2D eigenvalue weighted by atomic mass is 32.1. The zero-order valence-electron chi connectivity index (χ0n) is 15.3. The Labute approximate surface area is 165 Å². The molecule has 0 bridgehead atoms. The minimum Gasteiger partial charge on any atom is -0.346 e. The van der Waals surface area contributed by atoms with E-state index in [1.54, 1.807) is 0 Å². The molecule has 28 heavy (non-hydrogen) atoms. The summed E-state index contributed by atoms with van der Waals surface area (Å²) in [7, 11) is 0. The van der Waals surface area contributed by atoms with Crippen molar-refractivity contribution in [2.45, 2.75) is 19.0 Å². The number of amides is 1. The standard InChI is InChI=1S/C19H21F3N4OS/c20-19(21,22)16-12-23-18(28-16)25-10-8-24(9-11-25)13-17(27)26-7-3-5-14-4-1-2-6-15(14)26/h1-2,4,6,12H,3,5,7-11,13H2. The van der Waals surface area contributed by atoms with Crippen molar-refractivity contribution in [3.05, 3.63) is 40.9 Å². The Morgan fingerprint density at radius 2 is 1.86 bits per heavy atom. The van der Waals surface area contributed by atoms with E-state index in [0.29, 0.717) is 49.2 Å². The highest BCUT2D eigenvalue weighted by Crippen LogP contribution is 2.36. The first kappa shape index (κ1) is 19.2. The van der Waals surface area contributed by atoms with Gasteiger partial charge in [-0.3, -0.25) is 9.69 Å². The van der Waals surface area contributed by atoms with Crippen LogP contribution in [0.3, 0.4) is 0 Å². The third-order valence-corrected chi connectivity index (χ3v) is 6.29. The Hall–Kier alpha value is -2.13. The van der Waals surface area contributed by atoms with Gasteiger partial charge in [-0.15, -0.1) is 0 Å². The number of benzene rings is 1. The van der Waals surface area contributed by atoms with E-state index in [1.165, 1.54) is 5.56 Å². The van der Waals surface area contributed by atoms with Gasteiger partial charge in [-0.2, -0.15) is 13.2 Å². The summed E-state index contributed by atoms with van der Waals surface area (Å²) in [6, 6.07) is 8.00. The molecule has 2 aliphatic heterocycles. The molecule has 1 amide bonds. The van der Waals surface area contributed by atoms with Gasteiger partial charge in [0.1, 0.15) is 4.88 Å². The van der Waals surface area contributed by atoms with Gasteiger partial charge in [0, 0.05) is 38.4 Å². The van der Waals surface area contributed by atoms with Gasteiger partial charge in [-0.1, -0.05) is 29.5 Å². The van der Waals surface area contributed by atoms with Gasteiger partial charge in [-0.25, -0.2) is 4.98 Å². The van der Waals surface area contributed by atoms with Gasteiger partial charge in [0.25, 0.3) is 0 Å². The first-order valence-corrected chi connectivity index (χ1v) is 10.1. The third kappa shape index (κ3) is 4.00. The number of fused-ring (bicyclic) bond motifs is 1. The van der Waals surface area contributed by atoms with E-state index in [0.717, 1.165) is 31.3 Å². The van der Waals surface area contributed by atoms with Crippen LogP contribution in [0.4, 0.5) is 24.0 Å². The summed E-state index contributed by atoms with van der Waals surface area (Å²) in [5, 5.41) is 0.392. The Morgan fingerprint density at radius 1 is 1.11 bits per heavy atom. The molecule has 0 radical (unpaired) electrons. The van der Waals surface area contributed by atoms with Crippen LogP contribution >= 0.6 is 11.3 Å². The Bertz CT molecular complexity index is 846. The number of nitrogens with zero attached hydrogens (tertiary/aromatic N) is 4. The molecule has 0 spiro atoms. The van der Waals surface area contributed by atoms with Crippen molar-refractivity contribution in [2.75, 3.05) is 49.1 Å². The average Bonchev–Trinajstić information content (AvgIpc) is 3.19. The number of thiazole rings is 1. The Morgan fingerprint density at radius 3 is 2.57 bits per heavy atom. The van der Waals surface area contributed by atoms with Crippen molar-refractivity contribution in [3.8, 4) is 0 Å². The molecule has 5 nitrogen and oxygen atoms in total. The first-order valence-electron chi connectivity index (χ1n) is 9.30. The van der Waals surface area contributed by atoms with Crippen LogP contribution in [0.1, 0.15) is 16.9 Å². The average molecular weight is 410 g/mol. The van der Waals surface area contributed by atoms with Crippen molar-refractivity contribution in [2.24, 2.45) is 0 Å². The lowest BCUT2D eigenvalue weighted by atomic mass is 10.0. The van der Waals surface area contributed by atoms with E-state index >= 15 is 0 Å². The molecule has 9 heteroatoms. The van der Waals surface area contributed by atoms with Gasteiger partial charge < -0.3 is 9.80 Å². The highest BCUT2D eigenvalue weighted by molar-refractivity contribution is 7.15. The fourth-order valence-corrected chi connectivity index (χ4v) is 4.54. The second-order valence-electron chi connectivity index (χ2n) is 7.05. The maximum absolute atomic E-state index is 12.8. The number of alkyl halides is 3. The van der Waals surface area contributed by atoms with E-state index in [-0.39, 0.29) is 5.91 Å². The van der Waals surface area contributed by atoms with Crippen molar-refractivity contribution in [1.29, 1.82) is 0 Å². The second kappa shape index (κ2) is 7.71. The number of aryl methyl sites for hydroxylation is 1. The fourth-order valence-electron chi connectivity index (χ4n) is 3.71. The number of piperazine rings is 1. The Kier molecular flexibility index (Phi) is 5.29. The molecule has 2 aromatic rings. The van der Waals surface area contributed by atoms with Crippen LogP contribution in [0.2, 0.25) is 0 Å². The number of anilines is 2. The molecular weight excluding hydrogens is 389 g/mol. The summed E-state index contributed by atoms with van der Waals surface area (Å²) in [5.74, 6) is 0.0780. The van der Waals surface area contributed by atoms with Gasteiger partial charge in [-0.05, 0) is 24.5 Å². The zero-order valence-corrected chi connectivity index (χ0v) is 16.1. The summed E-state index contributed by atoms with van der Waals surface area (Å²) >= 11 is 0.673. The van der Waals surface area contributed by atoms with Crippen LogP contribution in [-0.4, -0.2) is 55.1 Å². The molecule has 4 rings (SSSR count). The van der Waals surface area contributed by atoms with Crippen LogP contribution in [0.15, 0.2) is 30.5 Å². The molecule has 150 valence electrons. The van der Waals surface area contributed by atoms with Crippen LogP contribution < -0.4 is 9.80 Å². The maximum Gasteiger partial charge on any atom is 0.427 e. The molecule has 1 fully saturated rings. The number of para-hydroxylation sites is 1. The normalized spacial score (nSPS) is 18.2. The first-order chi connectivity index (χ1) is 13.4. The number of hydrogen-bond acceptors (Lipinski definition) is 5. The molecular formula is C19H21F3N4OS. The van der Waals surface area contributed by atoms with E-state index in [1.807, 2.05) is 28.0 Å². The van der Waals surface area contributed by atoms with Crippen LogP contribution in [-0.2, 0) is 17.4 Å². The van der Waals surface area contributed by atoms with E-state index in [9.17, 15) is 18.0 Å². The van der Waals surface area contributed by atoms with Crippen LogP contribution in [0.25, 0.3) is 0 Å². The molecule has 0 N–H and O–H groups in total. The van der Waals surface area contributed by atoms with Gasteiger partial charge in [0.2, 0.25) is 5.91 Å². The summed E-state index contributed by atoms with van der Waals surface area (Å²) < 4.78 is 38.3. The molecule has 3 heterocycles. The number of hydrogen-bond donors (Lipinski definition) is 0. The van der Waals surface area contributed by atoms with Crippen molar-refractivity contribution < 1.29 is 18.0 Å². The smallest absolute Gasteiger partial charge is 0.346 e. The number of rotatable bonds is 3. The van der Waals surface area contributed by atoms with Crippen molar-refractivity contribution in [1.82, 2.24) is 9.88 Å². The molecule has 1 aromatic carbocycles. The van der Waals surface area contributed by atoms with Gasteiger partial charge in [0.05, 0.1) is 12.7 Å². The summed E-state index contributed by atoms with van der Waals surface area (Å²) in [6.07, 6.45) is -1.51. The van der Waals surface area contributed by atoms with Crippen LogP contribution in [0, 0.1) is 0 Å². The largest absolute Gasteiger partial charge is 0.427 e. The predicted octanol–water partition coefficient (Wildman–Crippen LogP) is 3.26. The SMILES string of the molecule is O=C(CN1CCN(c2ncc(C(F)(F)F)s2)CC1)N1CCCc2ccccc21. The molecule has 0 atom stereocenters. The second-order valence-corrected chi connectivity index (χ2v) is 8.05. The molecule has 0 aliphatic carbocycles. The Balaban J connectivity index is 1.34. The maximum atomic E-state index is 12.8. The summed E-state index contributed by atoms with van der Waals surface area (Å²) in [6.45, 7) is 3.44. The number of halogens is 3. The monoisotopic (exact) mass is 410 g/mol. The van der Waals surface area contributed by atoms with Crippen molar-refractivity contribution in [3.63, 3.8) is 0 Å². The zero-order chi connectivity index (χ0) is 19.7. The molecule has 1 saturated heterocycles. The quantitative estimate of drug-likeness (QED) is 0.779.